The molecule has 0 spiro atoms. The molecule has 1 rings (SSSR count). The molecule has 0 aliphatic heterocycles. The lowest BCUT2D eigenvalue weighted by Gasteiger charge is -2.21. The molecule has 13 heavy (non-hydrogen) atoms. The summed E-state index contributed by atoms with van der Waals surface area (Å²) in [6.07, 6.45) is 0. The van der Waals surface area contributed by atoms with Gasteiger partial charge in [0.25, 0.3) is 0 Å². The molecule has 7 heteroatoms. The van der Waals surface area contributed by atoms with Gasteiger partial charge in [-0.3, -0.25) is 13.6 Å². The van der Waals surface area contributed by atoms with Crippen LogP contribution in [0.4, 0.5) is 0 Å². The first-order valence-corrected chi connectivity index (χ1v) is 5.20. The number of nitrogens with two attached hydrogens (primary N) is 3. The van der Waals surface area contributed by atoms with Crippen LogP contribution in [0.15, 0.2) is 30.3 Å². The average Bonchev–Trinajstić information content (AvgIpc) is 2.23. The highest BCUT2D eigenvalue weighted by Crippen LogP contribution is 2.01. The maximum Gasteiger partial charge on any atom is 0.587 e. The van der Waals surface area contributed by atoms with Crippen LogP contribution in [0.5, 0.6) is 0 Å². The van der Waals surface area contributed by atoms with Crippen molar-refractivity contribution in [2.45, 2.75) is 0 Å². The summed E-state index contributed by atoms with van der Waals surface area (Å²) in [5.74, 6) is 15.0. The van der Waals surface area contributed by atoms with Crippen LogP contribution in [-0.4, -0.2) is 8.80 Å². The first-order chi connectivity index (χ1) is 6.29. The van der Waals surface area contributed by atoms with E-state index in [1.807, 2.05) is 6.07 Å². The highest BCUT2D eigenvalue weighted by atomic mass is 28.4. The molecule has 0 aliphatic rings. The van der Waals surface area contributed by atoms with Gasteiger partial charge in [-0.2, -0.15) is 0 Å². The summed E-state index contributed by atoms with van der Waals surface area (Å²) in [5.41, 5.74) is 0. The SMILES string of the molecule is NO[Si](ON)(ON)c1ccccc1. The number of hydrogen-bond donors (Lipinski definition) is 3. The largest absolute Gasteiger partial charge is 0.587 e. The van der Waals surface area contributed by atoms with E-state index in [1.165, 1.54) is 0 Å². The minimum atomic E-state index is -3.26. The molecule has 72 valence electrons. The average molecular weight is 201 g/mol. The maximum atomic E-state index is 5.01. The van der Waals surface area contributed by atoms with E-state index in [0.717, 1.165) is 0 Å². The molecule has 0 radical (unpaired) electrons. The Hall–Kier alpha value is -0.803. The number of benzene rings is 1. The van der Waals surface area contributed by atoms with Gasteiger partial charge in [-0.25, -0.2) is 17.7 Å². The minimum absolute atomic E-state index is 0.600. The lowest BCUT2D eigenvalue weighted by Crippen LogP contribution is -2.61. The van der Waals surface area contributed by atoms with Gasteiger partial charge in [0.05, 0.1) is 0 Å². The summed E-state index contributed by atoms with van der Waals surface area (Å²) >= 11 is 0. The Bertz CT molecular complexity index is 246. The van der Waals surface area contributed by atoms with Gasteiger partial charge in [0.1, 0.15) is 0 Å². The molecule has 6 nitrogen and oxygen atoms in total. The zero-order chi connectivity index (χ0) is 9.73. The third-order valence-corrected chi connectivity index (χ3v) is 3.56. The molecule has 0 bridgehead atoms. The molecule has 0 aliphatic carbocycles. The molecule has 0 atom stereocenters. The van der Waals surface area contributed by atoms with Crippen LogP contribution >= 0.6 is 0 Å². The van der Waals surface area contributed by atoms with Gasteiger partial charge in [-0.05, 0) is 0 Å². The molecule has 1 aromatic rings. The van der Waals surface area contributed by atoms with Gasteiger partial charge < -0.3 is 0 Å². The van der Waals surface area contributed by atoms with Crippen molar-refractivity contribution in [3.63, 3.8) is 0 Å². The second kappa shape index (κ2) is 4.44. The summed E-state index contributed by atoms with van der Waals surface area (Å²) in [5, 5.41) is 0.600. The van der Waals surface area contributed by atoms with Crippen molar-refractivity contribution in [3.8, 4) is 0 Å². The highest BCUT2D eigenvalue weighted by Gasteiger charge is 2.43. The molecule has 6 N–H and O–H groups in total. The van der Waals surface area contributed by atoms with E-state index in [-0.39, 0.29) is 0 Å². The maximum absolute atomic E-state index is 5.01. The monoisotopic (exact) mass is 201 g/mol. The predicted molar refractivity (Wildman–Crippen MR) is 47.6 cm³/mol. The quantitative estimate of drug-likeness (QED) is 0.404. The summed E-state index contributed by atoms with van der Waals surface area (Å²) in [6, 6.07) is 8.78. The fourth-order valence-electron chi connectivity index (χ4n) is 0.930. The van der Waals surface area contributed by atoms with Crippen LogP contribution in [0.3, 0.4) is 0 Å². The van der Waals surface area contributed by atoms with E-state index >= 15 is 0 Å². The van der Waals surface area contributed by atoms with Crippen molar-refractivity contribution >= 4 is 14.0 Å². The smallest absolute Gasteiger partial charge is 0.286 e. The highest BCUT2D eigenvalue weighted by molar-refractivity contribution is 6.75. The van der Waals surface area contributed by atoms with E-state index in [1.54, 1.807) is 24.3 Å². The molecule has 0 saturated carbocycles. The van der Waals surface area contributed by atoms with Gasteiger partial charge in [0.2, 0.25) is 0 Å². The fraction of sp³-hybridized carbons (Fsp3) is 0. The van der Waals surface area contributed by atoms with E-state index in [0.29, 0.717) is 5.19 Å². The van der Waals surface area contributed by atoms with Crippen molar-refractivity contribution in [2.24, 2.45) is 17.7 Å². The molecular weight excluding hydrogens is 190 g/mol. The standard InChI is InChI=1S/C6H11N3O3Si/c7-10-13(11-8,12-9)6-4-2-1-3-5-6/h1-5H,7-9H2. The van der Waals surface area contributed by atoms with Gasteiger partial charge in [0, 0.05) is 5.19 Å². The second-order valence-corrected chi connectivity index (χ2v) is 4.67. The Kier molecular flexibility index (Phi) is 3.51. The Morgan fingerprint density at radius 3 is 1.69 bits per heavy atom. The van der Waals surface area contributed by atoms with Crippen LogP contribution in [-0.2, 0) is 13.6 Å². The summed E-state index contributed by atoms with van der Waals surface area (Å²) < 4.78 is 13.7. The minimum Gasteiger partial charge on any atom is -0.286 e. The zero-order valence-electron chi connectivity index (χ0n) is 6.84. The molecule has 1 aromatic carbocycles. The summed E-state index contributed by atoms with van der Waals surface area (Å²) in [6.45, 7) is 0. The van der Waals surface area contributed by atoms with Crippen LogP contribution in [0, 0.1) is 0 Å². The third kappa shape index (κ3) is 1.92. The Labute approximate surface area is 76.4 Å². The molecule has 0 fully saturated rings. The first-order valence-electron chi connectivity index (χ1n) is 3.48. The normalized spacial score (nSPS) is 11.6. The van der Waals surface area contributed by atoms with Crippen LogP contribution in [0.2, 0.25) is 0 Å². The Morgan fingerprint density at radius 2 is 1.31 bits per heavy atom. The lowest BCUT2D eigenvalue weighted by molar-refractivity contribution is 0.0735. The lowest BCUT2D eigenvalue weighted by atomic mass is 10.4. The van der Waals surface area contributed by atoms with E-state index in [4.69, 9.17) is 17.7 Å². The Balaban J connectivity index is 3.01. The number of hydrogen-bond acceptors (Lipinski definition) is 6. The number of rotatable bonds is 4. The predicted octanol–water partition coefficient (Wildman–Crippen LogP) is -1.50. The van der Waals surface area contributed by atoms with Crippen LogP contribution < -0.4 is 22.9 Å². The van der Waals surface area contributed by atoms with Crippen molar-refractivity contribution < 1.29 is 13.6 Å². The van der Waals surface area contributed by atoms with Gasteiger partial charge in [-0.1, -0.05) is 30.3 Å². The Morgan fingerprint density at radius 1 is 0.846 bits per heavy atom. The molecule has 0 unspecified atom stereocenters. The van der Waals surface area contributed by atoms with E-state index in [2.05, 4.69) is 13.6 Å². The first kappa shape index (κ1) is 10.3. The summed E-state index contributed by atoms with van der Waals surface area (Å²) in [7, 11) is -3.26. The van der Waals surface area contributed by atoms with E-state index in [9.17, 15) is 0 Å². The third-order valence-electron chi connectivity index (χ3n) is 1.59. The molecule has 0 aromatic heterocycles. The second-order valence-electron chi connectivity index (χ2n) is 2.28. The molecule has 0 heterocycles. The van der Waals surface area contributed by atoms with E-state index < -0.39 is 8.80 Å². The van der Waals surface area contributed by atoms with Crippen molar-refractivity contribution in [2.75, 3.05) is 0 Å². The zero-order valence-corrected chi connectivity index (χ0v) is 7.84. The van der Waals surface area contributed by atoms with Crippen LogP contribution in [0.1, 0.15) is 0 Å². The van der Waals surface area contributed by atoms with Gasteiger partial charge >= 0.3 is 8.80 Å². The van der Waals surface area contributed by atoms with Crippen molar-refractivity contribution in [1.82, 2.24) is 0 Å². The van der Waals surface area contributed by atoms with Crippen molar-refractivity contribution in [3.05, 3.63) is 30.3 Å². The van der Waals surface area contributed by atoms with Gasteiger partial charge in [0.15, 0.2) is 0 Å². The fourth-order valence-corrected chi connectivity index (χ4v) is 2.11. The summed E-state index contributed by atoms with van der Waals surface area (Å²) in [4.78, 5) is 0. The van der Waals surface area contributed by atoms with Crippen molar-refractivity contribution in [1.29, 1.82) is 0 Å². The van der Waals surface area contributed by atoms with Gasteiger partial charge in [-0.15, -0.1) is 0 Å². The van der Waals surface area contributed by atoms with Crippen LogP contribution in [0.25, 0.3) is 0 Å². The molecular formula is C6H11N3O3Si. The molecule has 0 saturated heterocycles. The molecule has 0 amide bonds. The topological polar surface area (TPSA) is 106 Å².